The number of hydrogen-bond acceptors (Lipinski definition) is 3. The van der Waals surface area contributed by atoms with Crippen molar-refractivity contribution in [2.45, 2.75) is 6.42 Å². The predicted molar refractivity (Wildman–Crippen MR) is 100 cm³/mol. The molecular formula is C22H12F2N4. The summed E-state index contributed by atoms with van der Waals surface area (Å²) in [6.45, 7) is 0. The van der Waals surface area contributed by atoms with Crippen LogP contribution in [0.1, 0.15) is 11.3 Å². The van der Waals surface area contributed by atoms with Gasteiger partial charge in [-0.3, -0.25) is 0 Å². The minimum Gasteiger partial charge on any atom is -0.235 e. The van der Waals surface area contributed by atoms with E-state index in [0.717, 1.165) is 0 Å². The Morgan fingerprint density at radius 2 is 1.46 bits per heavy atom. The topological polar surface area (TPSA) is 64.9 Å². The van der Waals surface area contributed by atoms with Crippen molar-refractivity contribution in [3.8, 4) is 34.5 Å². The van der Waals surface area contributed by atoms with Crippen LogP contribution in [0.5, 0.6) is 0 Å². The molecule has 0 atom stereocenters. The van der Waals surface area contributed by atoms with Crippen molar-refractivity contribution in [3.63, 3.8) is 0 Å². The third-order valence-corrected chi connectivity index (χ3v) is 4.49. The zero-order valence-corrected chi connectivity index (χ0v) is 14.5. The molecule has 4 rings (SSSR count). The van der Waals surface area contributed by atoms with E-state index < -0.39 is 0 Å². The Balaban J connectivity index is 1.99. The van der Waals surface area contributed by atoms with Crippen LogP contribution >= 0.6 is 0 Å². The number of fused-ring (bicyclic) bond motifs is 1. The second kappa shape index (κ2) is 6.94. The minimum absolute atomic E-state index is 0.0843. The monoisotopic (exact) mass is 370 g/mol. The Morgan fingerprint density at radius 3 is 2.04 bits per heavy atom. The van der Waals surface area contributed by atoms with Crippen LogP contribution in [0.4, 0.5) is 8.78 Å². The molecule has 0 aliphatic carbocycles. The first-order valence-corrected chi connectivity index (χ1v) is 8.45. The van der Waals surface area contributed by atoms with Gasteiger partial charge in [0, 0.05) is 11.1 Å². The molecule has 0 aliphatic heterocycles. The van der Waals surface area contributed by atoms with Crippen molar-refractivity contribution < 1.29 is 8.78 Å². The first-order valence-electron chi connectivity index (χ1n) is 8.45. The molecule has 2 aromatic heterocycles. The number of hydrogen-bond donors (Lipinski definition) is 0. The highest BCUT2D eigenvalue weighted by Crippen LogP contribution is 2.31. The lowest BCUT2D eigenvalue weighted by molar-refractivity contribution is 0.627. The van der Waals surface area contributed by atoms with Crippen molar-refractivity contribution in [3.05, 3.63) is 83.6 Å². The highest BCUT2D eigenvalue weighted by atomic mass is 19.1. The largest absolute Gasteiger partial charge is 0.235 e. The molecule has 0 radical (unpaired) electrons. The summed E-state index contributed by atoms with van der Waals surface area (Å²) in [5.41, 5.74) is 4.04. The van der Waals surface area contributed by atoms with Gasteiger partial charge in [0.1, 0.15) is 17.7 Å². The zero-order chi connectivity index (χ0) is 19.7. The van der Waals surface area contributed by atoms with Gasteiger partial charge in [0.05, 0.1) is 35.0 Å². The third-order valence-electron chi connectivity index (χ3n) is 4.49. The fraction of sp³-hybridized carbons (Fsp3) is 0.0455. The Kier molecular flexibility index (Phi) is 4.31. The average Bonchev–Trinajstić information content (AvgIpc) is 3.14. The van der Waals surface area contributed by atoms with Crippen LogP contribution in [0.2, 0.25) is 0 Å². The van der Waals surface area contributed by atoms with Gasteiger partial charge in [-0.1, -0.05) is 12.1 Å². The molecule has 0 fully saturated rings. The van der Waals surface area contributed by atoms with Gasteiger partial charge in [0.25, 0.3) is 0 Å². The second-order valence-electron chi connectivity index (χ2n) is 6.21. The Morgan fingerprint density at radius 1 is 0.857 bits per heavy atom. The van der Waals surface area contributed by atoms with E-state index in [-0.39, 0.29) is 18.1 Å². The Hall–Kier alpha value is -4.03. The lowest BCUT2D eigenvalue weighted by Gasteiger charge is -2.10. The van der Waals surface area contributed by atoms with Crippen molar-refractivity contribution >= 4 is 5.52 Å². The Bertz CT molecular complexity index is 1260. The van der Waals surface area contributed by atoms with Crippen LogP contribution in [-0.2, 0) is 6.42 Å². The molecule has 0 saturated heterocycles. The molecule has 28 heavy (non-hydrogen) atoms. The molecule has 0 bridgehead atoms. The fourth-order valence-electron chi connectivity index (χ4n) is 3.16. The number of nitriles is 2. The molecular weight excluding hydrogens is 358 g/mol. The van der Waals surface area contributed by atoms with E-state index >= 15 is 0 Å². The van der Waals surface area contributed by atoms with E-state index in [2.05, 4.69) is 17.2 Å². The van der Waals surface area contributed by atoms with E-state index in [9.17, 15) is 19.3 Å². The predicted octanol–water partition coefficient (Wildman–Crippen LogP) is 4.88. The van der Waals surface area contributed by atoms with Crippen LogP contribution in [-0.4, -0.2) is 9.61 Å². The normalized spacial score (nSPS) is 10.6. The van der Waals surface area contributed by atoms with Gasteiger partial charge < -0.3 is 0 Å². The quantitative estimate of drug-likeness (QED) is 0.516. The molecule has 0 saturated carbocycles. The van der Waals surface area contributed by atoms with Crippen LogP contribution < -0.4 is 0 Å². The van der Waals surface area contributed by atoms with Crippen molar-refractivity contribution in [1.82, 2.24) is 9.61 Å². The molecule has 0 unspecified atom stereocenters. The minimum atomic E-state index is -0.372. The number of halogens is 2. The van der Waals surface area contributed by atoms with Gasteiger partial charge >= 0.3 is 0 Å². The highest BCUT2D eigenvalue weighted by molar-refractivity contribution is 5.82. The zero-order valence-electron chi connectivity index (χ0n) is 14.5. The van der Waals surface area contributed by atoms with Gasteiger partial charge in [-0.15, -0.1) is 0 Å². The van der Waals surface area contributed by atoms with E-state index in [0.29, 0.717) is 39.2 Å². The SMILES string of the molecule is N#CCc1cc(-c2ccc(F)cc2)c(C#N)c2cc(-c3ccc(F)cc3)nn12. The molecule has 2 aromatic carbocycles. The second-order valence-corrected chi connectivity index (χ2v) is 6.21. The van der Waals surface area contributed by atoms with Gasteiger partial charge in [-0.05, 0) is 54.1 Å². The van der Waals surface area contributed by atoms with E-state index in [1.807, 2.05) is 0 Å². The van der Waals surface area contributed by atoms with Gasteiger partial charge in [-0.25, -0.2) is 13.3 Å². The number of rotatable bonds is 3. The lowest BCUT2D eigenvalue weighted by Crippen LogP contribution is -2.02. The van der Waals surface area contributed by atoms with Crippen LogP contribution in [0, 0.1) is 34.3 Å². The van der Waals surface area contributed by atoms with E-state index in [4.69, 9.17) is 0 Å². The molecule has 134 valence electrons. The summed E-state index contributed by atoms with van der Waals surface area (Å²) >= 11 is 0. The van der Waals surface area contributed by atoms with Crippen molar-refractivity contribution in [1.29, 1.82) is 10.5 Å². The number of benzene rings is 2. The standard InChI is InChI=1S/C22H12F2N4/c23-16-5-1-14(2-6-16)19-11-18(9-10-25)28-22(20(19)13-26)12-21(27-28)15-3-7-17(24)8-4-15/h1-8,11-12H,9H2. The summed E-state index contributed by atoms with van der Waals surface area (Å²) in [6, 6.07) is 19.5. The van der Waals surface area contributed by atoms with Crippen molar-refractivity contribution in [2.75, 3.05) is 0 Å². The fourth-order valence-corrected chi connectivity index (χ4v) is 3.16. The average molecular weight is 370 g/mol. The van der Waals surface area contributed by atoms with Gasteiger partial charge in [-0.2, -0.15) is 15.6 Å². The van der Waals surface area contributed by atoms with Crippen LogP contribution in [0.25, 0.3) is 27.9 Å². The molecule has 0 aliphatic rings. The molecule has 2 heterocycles. The first kappa shape index (κ1) is 17.4. The maximum Gasteiger partial charge on any atom is 0.123 e. The molecule has 0 N–H and O–H groups in total. The molecule has 6 heteroatoms. The smallest absolute Gasteiger partial charge is 0.123 e. The summed E-state index contributed by atoms with van der Waals surface area (Å²) in [6.07, 6.45) is 0.0843. The molecule has 4 aromatic rings. The van der Waals surface area contributed by atoms with E-state index in [1.54, 1.807) is 40.9 Å². The van der Waals surface area contributed by atoms with Gasteiger partial charge in [0.2, 0.25) is 0 Å². The third kappa shape index (κ3) is 2.98. The number of aromatic nitrogens is 2. The van der Waals surface area contributed by atoms with Crippen LogP contribution in [0.15, 0.2) is 60.7 Å². The maximum absolute atomic E-state index is 13.3. The molecule has 4 nitrogen and oxygen atoms in total. The van der Waals surface area contributed by atoms with E-state index in [1.165, 1.54) is 24.3 Å². The molecule has 0 amide bonds. The van der Waals surface area contributed by atoms with Crippen molar-refractivity contribution in [2.24, 2.45) is 0 Å². The lowest BCUT2D eigenvalue weighted by atomic mass is 9.98. The number of pyridine rings is 1. The highest BCUT2D eigenvalue weighted by Gasteiger charge is 2.17. The summed E-state index contributed by atoms with van der Waals surface area (Å²) in [4.78, 5) is 0. The number of nitrogens with zero attached hydrogens (tertiary/aromatic N) is 4. The summed E-state index contributed by atoms with van der Waals surface area (Å²) in [5.74, 6) is -0.725. The maximum atomic E-state index is 13.3. The summed E-state index contributed by atoms with van der Waals surface area (Å²) in [5, 5.41) is 23.5. The summed E-state index contributed by atoms with van der Waals surface area (Å²) < 4.78 is 28.1. The Labute approximate surface area is 159 Å². The molecule has 0 spiro atoms. The van der Waals surface area contributed by atoms with Gasteiger partial charge in [0.15, 0.2) is 0 Å². The summed E-state index contributed by atoms with van der Waals surface area (Å²) in [7, 11) is 0. The van der Waals surface area contributed by atoms with Crippen LogP contribution in [0.3, 0.4) is 0 Å². The first-order chi connectivity index (χ1) is 13.6.